The Morgan fingerprint density at radius 2 is 1.46 bits per heavy atom. The molecule has 7 heteroatoms. The van der Waals surface area contributed by atoms with Gasteiger partial charge in [0.15, 0.2) is 0 Å². The summed E-state index contributed by atoms with van der Waals surface area (Å²) in [4.78, 5) is 34.8. The number of carboxylic acid groups (broad SMARTS) is 2. The Bertz CT molecular complexity index is 1150. The van der Waals surface area contributed by atoms with E-state index in [4.69, 9.17) is 14.9 Å². The van der Waals surface area contributed by atoms with Crippen LogP contribution in [-0.4, -0.2) is 58.3 Å². The number of piperidine rings is 1. The summed E-state index contributed by atoms with van der Waals surface area (Å²) in [7, 11) is 2.21. The molecule has 2 bridgehead atoms. The van der Waals surface area contributed by atoms with Gasteiger partial charge in [0.25, 0.3) is 0 Å². The van der Waals surface area contributed by atoms with E-state index in [9.17, 15) is 14.4 Å². The van der Waals surface area contributed by atoms with E-state index < -0.39 is 11.9 Å². The summed E-state index contributed by atoms with van der Waals surface area (Å²) in [6, 6.07) is 17.7. The molecular formula is C28H29NO6. The molecule has 2 N–H and O–H groups in total. The van der Waals surface area contributed by atoms with Crippen LogP contribution in [0.1, 0.15) is 47.9 Å². The van der Waals surface area contributed by atoms with Crippen LogP contribution in [0.5, 0.6) is 0 Å². The summed E-state index contributed by atoms with van der Waals surface area (Å²) in [5, 5.41) is 15.6. The van der Waals surface area contributed by atoms with Gasteiger partial charge in [0.2, 0.25) is 0 Å². The minimum absolute atomic E-state index is 0.0396. The highest BCUT2D eigenvalue weighted by Gasteiger charge is 2.40. The molecule has 5 rings (SSSR count). The van der Waals surface area contributed by atoms with Crippen LogP contribution in [-0.2, 0) is 25.5 Å². The van der Waals surface area contributed by atoms with Gasteiger partial charge in [0, 0.05) is 37.1 Å². The molecule has 0 radical (unpaired) electrons. The topological polar surface area (TPSA) is 104 Å². The number of hydrogen-bond donors (Lipinski definition) is 2. The minimum Gasteiger partial charge on any atom is -0.478 e. The van der Waals surface area contributed by atoms with Crippen LogP contribution in [0.3, 0.4) is 0 Å². The number of benzene rings is 2. The second-order valence-corrected chi connectivity index (χ2v) is 9.15. The zero-order chi connectivity index (χ0) is 24.9. The number of carbonyl (C=O) groups is 3. The van der Waals surface area contributed by atoms with Gasteiger partial charge in [-0.25, -0.2) is 14.4 Å². The van der Waals surface area contributed by atoms with E-state index in [1.807, 2.05) is 30.3 Å². The molecule has 0 amide bonds. The molecule has 2 aliphatic heterocycles. The molecule has 7 nitrogen and oxygen atoms in total. The highest BCUT2D eigenvalue weighted by Crippen LogP contribution is 2.37. The number of esters is 1. The SMILES string of the molecule is CN1C2CCC1CC(OC(=O)C1=Cc3ccccc3Cc3ccccc31)C2.O=C(O)/C=C/C(=O)O. The molecule has 0 aromatic heterocycles. The van der Waals surface area contributed by atoms with E-state index in [0.717, 1.165) is 30.4 Å². The Hall–Kier alpha value is -3.71. The molecule has 2 aromatic carbocycles. The van der Waals surface area contributed by atoms with Crippen molar-refractivity contribution in [2.75, 3.05) is 7.05 Å². The fraction of sp³-hybridized carbons (Fsp3) is 0.321. The number of ether oxygens (including phenoxy) is 1. The summed E-state index contributed by atoms with van der Waals surface area (Å²) >= 11 is 0. The molecule has 2 fully saturated rings. The van der Waals surface area contributed by atoms with Crippen molar-refractivity contribution in [3.63, 3.8) is 0 Å². The monoisotopic (exact) mass is 475 g/mol. The first-order valence-corrected chi connectivity index (χ1v) is 11.8. The molecule has 2 aromatic rings. The summed E-state index contributed by atoms with van der Waals surface area (Å²) in [6.07, 6.45) is 8.41. The van der Waals surface area contributed by atoms with Crippen LogP contribution in [0.15, 0.2) is 60.7 Å². The maximum absolute atomic E-state index is 13.2. The van der Waals surface area contributed by atoms with Gasteiger partial charge in [0.1, 0.15) is 6.10 Å². The molecule has 35 heavy (non-hydrogen) atoms. The Labute approximate surface area is 204 Å². The number of nitrogens with zero attached hydrogens (tertiary/aromatic N) is 1. The Balaban J connectivity index is 0.000000314. The highest BCUT2D eigenvalue weighted by atomic mass is 16.5. The Kier molecular flexibility index (Phi) is 7.46. The Morgan fingerprint density at radius 1 is 0.886 bits per heavy atom. The lowest BCUT2D eigenvalue weighted by molar-refractivity contribution is -0.145. The number of rotatable bonds is 4. The lowest BCUT2D eigenvalue weighted by Gasteiger charge is -2.35. The van der Waals surface area contributed by atoms with Crippen molar-refractivity contribution in [1.29, 1.82) is 0 Å². The van der Waals surface area contributed by atoms with Crippen LogP contribution in [0.2, 0.25) is 0 Å². The van der Waals surface area contributed by atoms with Crippen molar-refractivity contribution in [3.05, 3.63) is 82.9 Å². The van der Waals surface area contributed by atoms with Crippen LogP contribution in [0, 0.1) is 0 Å². The summed E-state index contributed by atoms with van der Waals surface area (Å²) in [6.45, 7) is 0. The zero-order valence-electron chi connectivity index (χ0n) is 19.6. The average molecular weight is 476 g/mol. The first-order valence-electron chi connectivity index (χ1n) is 11.8. The van der Waals surface area contributed by atoms with E-state index >= 15 is 0 Å². The standard InChI is InChI=1S/C24H25NO2.C4H4O4/c1-25-19-10-11-20(25)15-21(14-19)27-24(26)23-13-17-7-3-2-6-16(17)12-18-8-4-5-9-22(18)23;5-3(6)1-2-4(7)8/h2-9,13,19-21H,10-12,14-15H2,1H3;1-2H,(H,5,6)(H,7,8)/b;2-1+. The van der Waals surface area contributed by atoms with Crippen molar-refractivity contribution >= 4 is 29.6 Å². The predicted molar refractivity (Wildman–Crippen MR) is 132 cm³/mol. The lowest BCUT2D eigenvalue weighted by atomic mass is 9.97. The number of carboxylic acids is 2. The highest BCUT2D eigenvalue weighted by molar-refractivity contribution is 6.22. The molecule has 0 spiro atoms. The minimum atomic E-state index is -1.26. The van der Waals surface area contributed by atoms with Gasteiger partial charge < -0.3 is 19.8 Å². The van der Waals surface area contributed by atoms with Gasteiger partial charge in [-0.05, 0) is 54.6 Å². The molecule has 2 atom stereocenters. The van der Waals surface area contributed by atoms with Gasteiger partial charge in [-0.3, -0.25) is 0 Å². The Morgan fingerprint density at radius 3 is 2.09 bits per heavy atom. The zero-order valence-corrected chi connectivity index (χ0v) is 19.6. The largest absolute Gasteiger partial charge is 0.478 e. The second kappa shape index (κ2) is 10.7. The van der Waals surface area contributed by atoms with E-state index in [1.54, 1.807) is 0 Å². The number of aliphatic carboxylic acids is 2. The summed E-state index contributed by atoms with van der Waals surface area (Å²) < 4.78 is 6.05. The van der Waals surface area contributed by atoms with Gasteiger partial charge >= 0.3 is 17.9 Å². The van der Waals surface area contributed by atoms with Gasteiger partial charge in [-0.1, -0.05) is 48.5 Å². The third-order valence-corrected chi connectivity index (χ3v) is 6.96. The summed E-state index contributed by atoms with van der Waals surface area (Å²) in [5.41, 5.74) is 5.26. The van der Waals surface area contributed by atoms with Crippen molar-refractivity contribution in [2.24, 2.45) is 0 Å². The summed E-state index contributed by atoms with van der Waals surface area (Å²) in [5.74, 6) is -2.69. The van der Waals surface area contributed by atoms with Crippen molar-refractivity contribution in [3.8, 4) is 0 Å². The lowest BCUT2D eigenvalue weighted by Crippen LogP contribution is -2.43. The van der Waals surface area contributed by atoms with Crippen LogP contribution in [0.4, 0.5) is 0 Å². The molecule has 1 aliphatic carbocycles. The first-order chi connectivity index (χ1) is 16.8. The van der Waals surface area contributed by atoms with Crippen LogP contribution < -0.4 is 0 Å². The normalized spacial score (nSPS) is 22.7. The third-order valence-electron chi connectivity index (χ3n) is 6.96. The number of hydrogen-bond acceptors (Lipinski definition) is 5. The molecule has 3 aliphatic rings. The molecule has 2 heterocycles. The van der Waals surface area contributed by atoms with E-state index in [0.29, 0.717) is 29.8 Å². The first kappa shape index (κ1) is 24.4. The molecule has 2 saturated heterocycles. The van der Waals surface area contributed by atoms with E-state index in [-0.39, 0.29) is 12.1 Å². The van der Waals surface area contributed by atoms with Crippen molar-refractivity contribution in [2.45, 2.75) is 50.3 Å². The fourth-order valence-electron chi connectivity index (χ4n) is 5.20. The molecule has 2 unspecified atom stereocenters. The fourth-order valence-corrected chi connectivity index (χ4v) is 5.20. The predicted octanol–water partition coefficient (Wildman–Crippen LogP) is 4.01. The average Bonchev–Trinajstić information content (AvgIpc) is 3.00. The van der Waals surface area contributed by atoms with Gasteiger partial charge in [0.05, 0.1) is 5.57 Å². The van der Waals surface area contributed by atoms with E-state index in [2.05, 4.69) is 36.2 Å². The van der Waals surface area contributed by atoms with Gasteiger partial charge in [-0.2, -0.15) is 0 Å². The smallest absolute Gasteiger partial charge is 0.339 e. The van der Waals surface area contributed by atoms with Crippen molar-refractivity contribution in [1.82, 2.24) is 4.90 Å². The number of fused-ring (bicyclic) bond motifs is 4. The number of carbonyl (C=O) groups excluding carboxylic acids is 1. The maximum Gasteiger partial charge on any atom is 0.339 e. The molecule has 0 saturated carbocycles. The van der Waals surface area contributed by atoms with E-state index in [1.165, 1.54) is 24.0 Å². The quantitative estimate of drug-likeness (QED) is 0.509. The maximum atomic E-state index is 13.2. The van der Waals surface area contributed by atoms with Crippen LogP contribution >= 0.6 is 0 Å². The molecule has 182 valence electrons. The van der Waals surface area contributed by atoms with Gasteiger partial charge in [-0.15, -0.1) is 0 Å². The van der Waals surface area contributed by atoms with Crippen LogP contribution in [0.25, 0.3) is 11.6 Å². The van der Waals surface area contributed by atoms with Crippen molar-refractivity contribution < 1.29 is 29.3 Å². The second-order valence-electron chi connectivity index (χ2n) is 9.15. The third kappa shape index (κ3) is 5.87. The molecular weight excluding hydrogens is 446 g/mol.